The Morgan fingerprint density at radius 2 is 1.87 bits per heavy atom. The average Bonchev–Trinajstić information content (AvgIpc) is 2.23. The van der Waals surface area contributed by atoms with Crippen molar-refractivity contribution in [1.29, 1.82) is 0 Å². The Labute approximate surface area is 96.7 Å². The molecule has 2 rings (SSSR count). The predicted octanol–water partition coefficient (Wildman–Crippen LogP) is 2.62. The monoisotopic (exact) mass is 225 g/mol. The lowest BCUT2D eigenvalue weighted by molar-refractivity contribution is -0.133. The highest BCUT2D eigenvalue weighted by Gasteiger charge is 2.17. The molecule has 0 unspecified atom stereocenters. The SMILES string of the molecule is Cl.O=C1CCCCN1Cc1ccccc1. The highest BCUT2D eigenvalue weighted by atomic mass is 35.5. The molecule has 0 aromatic heterocycles. The van der Waals surface area contributed by atoms with E-state index in [1.165, 1.54) is 5.56 Å². The second kappa shape index (κ2) is 5.76. The van der Waals surface area contributed by atoms with E-state index >= 15 is 0 Å². The van der Waals surface area contributed by atoms with Crippen LogP contribution in [0.4, 0.5) is 0 Å². The molecule has 1 aromatic carbocycles. The van der Waals surface area contributed by atoms with Gasteiger partial charge in [-0.15, -0.1) is 12.4 Å². The number of likely N-dealkylation sites (tertiary alicyclic amines) is 1. The predicted molar refractivity (Wildman–Crippen MR) is 63.0 cm³/mol. The fourth-order valence-corrected chi connectivity index (χ4v) is 1.83. The molecule has 3 heteroatoms. The summed E-state index contributed by atoms with van der Waals surface area (Å²) >= 11 is 0. The van der Waals surface area contributed by atoms with Gasteiger partial charge in [-0.3, -0.25) is 4.79 Å². The van der Waals surface area contributed by atoms with Crippen molar-refractivity contribution in [2.24, 2.45) is 0 Å². The van der Waals surface area contributed by atoms with Gasteiger partial charge < -0.3 is 4.90 Å². The quantitative estimate of drug-likeness (QED) is 0.758. The van der Waals surface area contributed by atoms with Gasteiger partial charge in [-0.25, -0.2) is 0 Å². The summed E-state index contributed by atoms with van der Waals surface area (Å²) in [5, 5.41) is 0. The molecule has 1 heterocycles. The molecule has 0 atom stereocenters. The fraction of sp³-hybridized carbons (Fsp3) is 0.417. The van der Waals surface area contributed by atoms with Crippen LogP contribution >= 0.6 is 12.4 Å². The van der Waals surface area contributed by atoms with Crippen molar-refractivity contribution in [3.63, 3.8) is 0 Å². The van der Waals surface area contributed by atoms with E-state index in [-0.39, 0.29) is 12.4 Å². The van der Waals surface area contributed by atoms with Gasteiger partial charge in [0.1, 0.15) is 0 Å². The summed E-state index contributed by atoms with van der Waals surface area (Å²) < 4.78 is 0. The maximum Gasteiger partial charge on any atom is 0.222 e. The molecular formula is C12H16ClNO. The maximum atomic E-state index is 11.5. The molecule has 0 radical (unpaired) electrons. The zero-order valence-corrected chi connectivity index (χ0v) is 9.50. The van der Waals surface area contributed by atoms with E-state index in [0.717, 1.165) is 32.4 Å². The van der Waals surface area contributed by atoms with Crippen LogP contribution in [0.2, 0.25) is 0 Å². The van der Waals surface area contributed by atoms with Gasteiger partial charge in [-0.2, -0.15) is 0 Å². The van der Waals surface area contributed by atoms with Crippen LogP contribution in [-0.4, -0.2) is 17.4 Å². The van der Waals surface area contributed by atoms with Crippen molar-refractivity contribution in [2.75, 3.05) is 6.54 Å². The van der Waals surface area contributed by atoms with Crippen LogP contribution in [0.3, 0.4) is 0 Å². The van der Waals surface area contributed by atoms with Crippen molar-refractivity contribution in [3.05, 3.63) is 35.9 Å². The summed E-state index contributed by atoms with van der Waals surface area (Å²) in [5.41, 5.74) is 1.22. The topological polar surface area (TPSA) is 20.3 Å². The molecule has 1 aromatic rings. The third-order valence-corrected chi connectivity index (χ3v) is 2.64. The molecule has 0 bridgehead atoms. The molecule has 0 N–H and O–H groups in total. The molecule has 1 amide bonds. The van der Waals surface area contributed by atoms with E-state index < -0.39 is 0 Å². The Hall–Kier alpha value is -1.02. The van der Waals surface area contributed by atoms with E-state index in [2.05, 4.69) is 12.1 Å². The lowest BCUT2D eigenvalue weighted by Crippen LogP contribution is -2.34. The van der Waals surface area contributed by atoms with Crippen LogP contribution in [0.1, 0.15) is 24.8 Å². The first kappa shape index (κ1) is 12.1. The first-order valence-corrected chi connectivity index (χ1v) is 5.18. The molecular weight excluding hydrogens is 210 g/mol. The highest BCUT2D eigenvalue weighted by Crippen LogP contribution is 2.13. The summed E-state index contributed by atoms with van der Waals surface area (Å²) in [7, 11) is 0. The van der Waals surface area contributed by atoms with Crippen molar-refractivity contribution >= 4 is 18.3 Å². The Bertz CT molecular complexity index is 313. The first-order valence-electron chi connectivity index (χ1n) is 5.18. The number of carbonyl (C=O) groups excluding carboxylic acids is 1. The zero-order chi connectivity index (χ0) is 9.80. The fourth-order valence-electron chi connectivity index (χ4n) is 1.83. The smallest absolute Gasteiger partial charge is 0.222 e. The van der Waals surface area contributed by atoms with Gasteiger partial charge in [0.15, 0.2) is 0 Å². The minimum atomic E-state index is 0. The summed E-state index contributed by atoms with van der Waals surface area (Å²) in [4.78, 5) is 13.5. The Morgan fingerprint density at radius 1 is 1.13 bits per heavy atom. The van der Waals surface area contributed by atoms with Crippen LogP contribution in [0.5, 0.6) is 0 Å². The summed E-state index contributed by atoms with van der Waals surface area (Å²) in [6.45, 7) is 1.70. The molecule has 1 saturated heterocycles. The van der Waals surface area contributed by atoms with Crippen molar-refractivity contribution < 1.29 is 4.79 Å². The van der Waals surface area contributed by atoms with Gasteiger partial charge in [0, 0.05) is 19.5 Å². The first-order chi connectivity index (χ1) is 6.86. The third kappa shape index (κ3) is 3.24. The summed E-state index contributed by atoms with van der Waals surface area (Å²) in [5.74, 6) is 0.306. The van der Waals surface area contributed by atoms with Gasteiger partial charge in [-0.1, -0.05) is 30.3 Å². The largest absolute Gasteiger partial charge is 0.338 e. The molecule has 82 valence electrons. The maximum absolute atomic E-state index is 11.5. The second-order valence-corrected chi connectivity index (χ2v) is 3.76. The minimum absolute atomic E-state index is 0. The Morgan fingerprint density at radius 3 is 2.53 bits per heavy atom. The lowest BCUT2D eigenvalue weighted by atomic mass is 10.1. The molecule has 0 saturated carbocycles. The Kier molecular flexibility index (Phi) is 4.63. The number of hydrogen-bond donors (Lipinski definition) is 0. The zero-order valence-electron chi connectivity index (χ0n) is 8.69. The molecule has 0 spiro atoms. The van der Waals surface area contributed by atoms with Gasteiger partial charge in [0.25, 0.3) is 0 Å². The number of hydrogen-bond acceptors (Lipinski definition) is 1. The van der Waals surface area contributed by atoms with Gasteiger partial charge in [0.2, 0.25) is 5.91 Å². The van der Waals surface area contributed by atoms with Crippen LogP contribution in [0.25, 0.3) is 0 Å². The number of halogens is 1. The van der Waals surface area contributed by atoms with E-state index in [1.54, 1.807) is 0 Å². The number of rotatable bonds is 2. The minimum Gasteiger partial charge on any atom is -0.338 e. The van der Waals surface area contributed by atoms with Crippen molar-refractivity contribution in [2.45, 2.75) is 25.8 Å². The lowest BCUT2D eigenvalue weighted by Gasteiger charge is -2.26. The van der Waals surface area contributed by atoms with Gasteiger partial charge in [0.05, 0.1) is 0 Å². The molecule has 0 aliphatic carbocycles. The van der Waals surface area contributed by atoms with Crippen LogP contribution in [0, 0.1) is 0 Å². The number of nitrogens with zero attached hydrogens (tertiary/aromatic N) is 1. The van der Waals surface area contributed by atoms with Crippen LogP contribution < -0.4 is 0 Å². The summed E-state index contributed by atoms with van der Waals surface area (Å²) in [6, 6.07) is 10.2. The van der Waals surface area contributed by atoms with Crippen LogP contribution in [-0.2, 0) is 11.3 Å². The number of carbonyl (C=O) groups is 1. The van der Waals surface area contributed by atoms with E-state index in [0.29, 0.717) is 5.91 Å². The van der Waals surface area contributed by atoms with E-state index in [4.69, 9.17) is 0 Å². The number of piperidine rings is 1. The standard InChI is InChI=1S/C12H15NO.ClH/c14-12-8-4-5-9-13(12)10-11-6-2-1-3-7-11;/h1-3,6-7H,4-5,8-10H2;1H. The van der Waals surface area contributed by atoms with Gasteiger partial charge in [-0.05, 0) is 18.4 Å². The molecule has 1 aliphatic heterocycles. The molecule has 1 aliphatic rings. The van der Waals surface area contributed by atoms with Crippen molar-refractivity contribution in [3.8, 4) is 0 Å². The normalized spacial score (nSPS) is 16.0. The van der Waals surface area contributed by atoms with Crippen LogP contribution in [0.15, 0.2) is 30.3 Å². The molecule has 1 fully saturated rings. The summed E-state index contributed by atoms with van der Waals surface area (Å²) in [6.07, 6.45) is 2.94. The van der Waals surface area contributed by atoms with Crippen molar-refractivity contribution in [1.82, 2.24) is 4.90 Å². The highest BCUT2D eigenvalue weighted by molar-refractivity contribution is 5.85. The number of benzene rings is 1. The molecule has 15 heavy (non-hydrogen) atoms. The molecule has 2 nitrogen and oxygen atoms in total. The van der Waals surface area contributed by atoms with E-state index in [1.807, 2.05) is 23.1 Å². The van der Waals surface area contributed by atoms with E-state index in [9.17, 15) is 4.79 Å². The Balaban J connectivity index is 0.00000112. The number of amides is 1. The second-order valence-electron chi connectivity index (χ2n) is 3.76. The average molecular weight is 226 g/mol. The van der Waals surface area contributed by atoms with Gasteiger partial charge >= 0.3 is 0 Å². The third-order valence-electron chi connectivity index (χ3n) is 2.64.